The quantitative estimate of drug-likeness (QED) is 0.00953. The van der Waals surface area contributed by atoms with Crippen LogP contribution >= 0.6 is 32.9 Å². The third-order valence-corrected chi connectivity index (χ3v) is 19.6. The van der Waals surface area contributed by atoms with E-state index in [-0.39, 0.29) is 90.8 Å². The van der Waals surface area contributed by atoms with Crippen molar-refractivity contribution < 1.29 is 97.0 Å². The van der Waals surface area contributed by atoms with Gasteiger partial charge in [0.15, 0.2) is 12.8 Å². The Hall–Kier alpha value is -8.60. The Balaban J connectivity index is 1.39. The number of amides is 8. The third kappa shape index (κ3) is 29.3. The van der Waals surface area contributed by atoms with Gasteiger partial charge in [-0.3, -0.25) is 63.1 Å². The molecule has 0 spiro atoms. The number of nitrogens with one attached hydrogen (secondary N) is 7. The second-order valence-electron chi connectivity index (χ2n) is 24.7. The summed E-state index contributed by atoms with van der Waals surface area (Å²) in [6.07, 6.45) is -0.462. The first-order valence-corrected chi connectivity index (χ1v) is 36.3. The largest absolute Gasteiger partial charge is 0.508 e. The summed E-state index contributed by atoms with van der Waals surface area (Å²) in [4.78, 5) is 178. The number of benzene rings is 2. The molecule has 100 heavy (non-hydrogen) atoms. The maximum absolute atomic E-state index is 15.0. The number of carboxylic acids is 3. The van der Waals surface area contributed by atoms with Crippen LogP contribution in [0.2, 0.25) is 0 Å². The summed E-state index contributed by atoms with van der Waals surface area (Å²) in [6.45, 7) is 12.1. The van der Waals surface area contributed by atoms with Crippen molar-refractivity contribution in [3.8, 4) is 5.75 Å². The lowest BCUT2D eigenvalue weighted by atomic mass is 9.92. The van der Waals surface area contributed by atoms with Crippen molar-refractivity contribution in [2.75, 3.05) is 38.4 Å². The summed E-state index contributed by atoms with van der Waals surface area (Å²) in [5.41, 5.74) is 11.0. The van der Waals surface area contributed by atoms with Crippen LogP contribution in [0.25, 0.3) is 0 Å². The Morgan fingerprint density at radius 1 is 0.760 bits per heavy atom. The zero-order valence-corrected chi connectivity index (χ0v) is 59.8. The average Bonchev–Trinajstić information content (AvgIpc) is 1.27. The fraction of sp³-hybridized carbons (Fsp3) is 0.576. The van der Waals surface area contributed by atoms with E-state index in [9.17, 15) is 77.6 Å². The number of carbonyl (C=O) groups excluding carboxylic acids is 10. The fourth-order valence-electron chi connectivity index (χ4n) is 10.5. The minimum atomic E-state index is -1.72. The van der Waals surface area contributed by atoms with Crippen LogP contribution in [0.1, 0.15) is 152 Å². The van der Waals surface area contributed by atoms with E-state index in [1.165, 1.54) is 29.3 Å². The molecule has 0 bridgehead atoms. The predicted molar refractivity (Wildman–Crippen MR) is 369 cm³/mol. The van der Waals surface area contributed by atoms with Crippen LogP contribution in [0.4, 0.5) is 4.79 Å². The topological polar surface area (TPSA) is 460 Å². The number of nitrogens with zero attached hydrogens (tertiary/aromatic N) is 3. The van der Waals surface area contributed by atoms with Gasteiger partial charge in [0.2, 0.25) is 35.4 Å². The first-order chi connectivity index (χ1) is 47.4. The molecule has 11 atom stereocenters. The number of piperidine rings is 1. The molecular weight excluding hydrogens is 1360 g/mol. The van der Waals surface area contributed by atoms with Gasteiger partial charge in [-0.25, -0.2) is 20.0 Å². The van der Waals surface area contributed by atoms with Gasteiger partial charge in [0.1, 0.15) is 53.3 Å². The summed E-state index contributed by atoms with van der Waals surface area (Å²) in [6, 6.07) is 5.28. The smallest absolute Gasteiger partial charge is 0.426 e. The molecule has 13 N–H and O–H groups in total. The van der Waals surface area contributed by atoms with Gasteiger partial charge in [0, 0.05) is 67.5 Å². The second-order valence-corrected chi connectivity index (χ2v) is 28.2. The third-order valence-electron chi connectivity index (χ3n) is 16.3. The van der Waals surface area contributed by atoms with Crippen molar-refractivity contribution in [2.45, 2.75) is 186 Å². The van der Waals surface area contributed by atoms with Crippen LogP contribution < -0.4 is 43.2 Å². The minimum absolute atomic E-state index is 0.00356. The molecule has 4 rings (SSSR count). The van der Waals surface area contributed by atoms with Crippen LogP contribution in [-0.2, 0) is 79.8 Å². The van der Waals surface area contributed by atoms with Crippen molar-refractivity contribution in [3.05, 3.63) is 81.8 Å². The monoisotopic (exact) mass is 1460 g/mol. The number of nitrogens with two attached hydrogens (primary N) is 1. The molecule has 1 saturated heterocycles. The van der Waals surface area contributed by atoms with E-state index in [0.29, 0.717) is 30.4 Å². The molecule has 2 aromatic carbocycles. The Kier molecular flexibility index (Phi) is 36.2. The molecule has 2 heterocycles. The number of aliphatic carboxylic acids is 3. The van der Waals surface area contributed by atoms with Crippen molar-refractivity contribution >= 4 is 110 Å². The van der Waals surface area contributed by atoms with Crippen LogP contribution in [0.15, 0.2) is 60.0 Å². The molecule has 1 aromatic heterocycles. The van der Waals surface area contributed by atoms with Crippen LogP contribution in [0.5, 0.6) is 5.75 Å². The summed E-state index contributed by atoms with van der Waals surface area (Å²) in [5.74, 6) is -12.4. The van der Waals surface area contributed by atoms with Crippen LogP contribution in [-0.4, -0.2) is 199 Å². The lowest BCUT2D eigenvalue weighted by Gasteiger charge is -2.39. The van der Waals surface area contributed by atoms with E-state index in [2.05, 4.69) is 42.4 Å². The number of aromatic hydroxyl groups is 1. The number of rotatable bonds is 42. The van der Waals surface area contributed by atoms with Crippen molar-refractivity contribution in [2.24, 2.45) is 23.5 Å². The van der Waals surface area contributed by atoms with Gasteiger partial charge in [0.05, 0.1) is 12.5 Å². The summed E-state index contributed by atoms with van der Waals surface area (Å²) >= 11 is 1.02. The van der Waals surface area contributed by atoms with Crippen molar-refractivity contribution in [3.63, 3.8) is 0 Å². The molecule has 552 valence electrons. The number of carbonyl (C=O) groups is 13. The molecule has 0 radical (unpaired) electrons. The Morgan fingerprint density at radius 3 is 2.05 bits per heavy atom. The zero-order chi connectivity index (χ0) is 74.2. The number of aromatic nitrogens is 1. The van der Waals surface area contributed by atoms with Crippen molar-refractivity contribution in [1.29, 1.82) is 0 Å². The van der Waals surface area contributed by atoms with Gasteiger partial charge in [-0.1, -0.05) is 118 Å². The molecule has 1 aliphatic heterocycles. The maximum atomic E-state index is 15.0. The number of esters is 2. The molecule has 0 saturated carbocycles. The van der Waals surface area contributed by atoms with Gasteiger partial charge >= 0.3 is 35.9 Å². The number of phenols is 1. The van der Waals surface area contributed by atoms with E-state index >= 15 is 0 Å². The Bertz CT molecular complexity index is 3240. The standard InChI is InChI=1S/C66H95N11O20S3/c1-9-16-55(83)96-36-77(63(89)56(38(5)10-2)73-61(88)50-19-14-15-26-76(50)8)51(37(3)4)33-52(97-40(7)78)62-72-48(34-98-62)60(87)68-43(30-42-20-22-44(79)23-21-42)29-39(6)57(84)74-75-66(94)95-27-28-99-100-35-49(65(92)93)71-58(85)46(31-41-17-12-11-13-18-41)70-59(86)47(32-54(81)82)69-53(80)25-24-45(67)64(90)91/h11-13,17-18,20-23,34,37-39,43,45-47,49-52,56,79H,9-10,14-16,19,24-33,35-36,67H2,1-8H3,(H,68,87)(H,69,80)(H,70,86)(H,71,85)(H,73,88)(H,74,84)(H,75,94)(H,81,82)(H,90,91)(H,92,93)/t38?,39-,43+,45-,46-,47-,49-,50+,51+,52+,56-/m0/s1. The highest BCUT2D eigenvalue weighted by atomic mass is 33.1. The van der Waals surface area contributed by atoms with E-state index in [1.54, 1.807) is 49.4 Å². The number of carboxylic acid groups (broad SMARTS) is 3. The van der Waals surface area contributed by atoms with E-state index in [1.807, 2.05) is 46.6 Å². The molecule has 1 fully saturated rings. The van der Waals surface area contributed by atoms with Gasteiger partial charge in [0.25, 0.3) is 5.91 Å². The SMILES string of the molecule is CCCC(=O)OCN(C(=O)[C@@H](NC(=O)[C@H]1CCCCN1C)C(C)CC)[C@H](C[C@@H](OC(C)=O)c1nc(C(=O)N[C@@H](Cc2ccc(O)cc2)C[C@H](C)C(=O)NNC(=O)OCCSSC[C@H](NC(=O)[C@H](Cc2ccccc2)NC(=O)[C@H](CC(=O)O)NC(=O)CC[C@H](N)C(=O)O)C(=O)O)cs1)C(C)C. The molecule has 1 unspecified atom stereocenters. The van der Waals surface area contributed by atoms with Crippen molar-refractivity contribution in [1.82, 2.24) is 52.2 Å². The summed E-state index contributed by atoms with van der Waals surface area (Å²) in [7, 11) is 3.92. The molecular formula is C66H95N11O20S3. The predicted octanol–water partition coefficient (Wildman–Crippen LogP) is 3.97. The number of hydrogen-bond acceptors (Lipinski definition) is 23. The number of likely N-dealkylation sites (tertiary alicyclic amines) is 1. The zero-order valence-electron chi connectivity index (χ0n) is 57.4. The fourth-order valence-corrected chi connectivity index (χ4v) is 13.4. The summed E-state index contributed by atoms with van der Waals surface area (Å²) in [5, 5.41) is 53.2. The number of phenolic OH excluding ortho intramolecular Hbond substituents is 1. The maximum Gasteiger partial charge on any atom is 0.426 e. The highest BCUT2D eigenvalue weighted by Gasteiger charge is 2.40. The second kappa shape index (κ2) is 43.1. The number of likely N-dealkylation sites (N-methyl/N-ethyl adjacent to an activating group) is 1. The molecule has 0 aliphatic carbocycles. The molecule has 31 nitrogen and oxygen atoms in total. The number of hydrogen-bond donors (Lipinski definition) is 12. The van der Waals surface area contributed by atoms with Crippen LogP contribution in [0, 0.1) is 17.8 Å². The van der Waals surface area contributed by atoms with E-state index < -0.39 is 151 Å². The highest BCUT2D eigenvalue weighted by Crippen LogP contribution is 2.32. The highest BCUT2D eigenvalue weighted by molar-refractivity contribution is 8.76. The van der Waals surface area contributed by atoms with Gasteiger partial charge in [-0.2, -0.15) is 0 Å². The first kappa shape index (κ1) is 83.8. The number of ether oxygens (including phenoxy) is 3. The first-order valence-electron chi connectivity index (χ1n) is 32.9. The number of hydrazine groups is 1. The lowest BCUT2D eigenvalue weighted by Crippen LogP contribution is -2.59. The molecule has 3 aromatic rings. The van der Waals surface area contributed by atoms with Gasteiger partial charge < -0.3 is 71.9 Å². The number of thiazole rings is 1. The lowest BCUT2D eigenvalue weighted by molar-refractivity contribution is -0.160. The average molecular weight is 1460 g/mol. The normalized spacial score (nSPS) is 16.0. The summed E-state index contributed by atoms with van der Waals surface area (Å²) < 4.78 is 16.8. The minimum Gasteiger partial charge on any atom is -0.508 e. The molecule has 1 aliphatic rings. The molecule has 8 amide bonds. The van der Waals surface area contributed by atoms with Gasteiger partial charge in [-0.15, -0.1) is 11.3 Å². The molecule has 34 heteroatoms. The van der Waals surface area contributed by atoms with Crippen LogP contribution in [0.3, 0.4) is 0 Å². The van der Waals surface area contributed by atoms with E-state index in [4.69, 9.17) is 25.1 Å². The van der Waals surface area contributed by atoms with Gasteiger partial charge in [-0.05, 0) is 87.2 Å². The Labute approximate surface area is 592 Å². The Morgan fingerprint density at radius 2 is 1.43 bits per heavy atom. The van der Waals surface area contributed by atoms with E-state index in [0.717, 1.165) is 52.3 Å².